The first-order valence-electron chi connectivity index (χ1n) is 12.0. The van der Waals surface area contributed by atoms with E-state index in [0.717, 1.165) is 34.4 Å². The summed E-state index contributed by atoms with van der Waals surface area (Å²) >= 11 is 0. The minimum absolute atomic E-state index is 0.0698. The number of aryl methyl sites for hydroxylation is 1. The number of rotatable bonds is 7. The maximum absolute atomic E-state index is 13.1. The van der Waals surface area contributed by atoms with Gasteiger partial charge in [-0.25, -0.2) is 4.79 Å². The van der Waals surface area contributed by atoms with Crippen LogP contribution in [0.25, 0.3) is 11.1 Å². The molecule has 1 aliphatic heterocycles. The van der Waals surface area contributed by atoms with Gasteiger partial charge in [-0.05, 0) is 67.5 Å². The molecule has 34 heavy (non-hydrogen) atoms. The van der Waals surface area contributed by atoms with Crippen molar-refractivity contribution in [1.29, 1.82) is 0 Å². The zero-order valence-electron chi connectivity index (χ0n) is 21.1. The Labute approximate surface area is 203 Å². The molecule has 0 unspecified atom stereocenters. The van der Waals surface area contributed by atoms with Gasteiger partial charge >= 0.3 is 6.09 Å². The number of hydrogen-bond donors (Lipinski definition) is 0. The molecule has 178 valence electrons. The molecular weight excluding hydrogens is 422 g/mol. The van der Waals surface area contributed by atoms with Crippen molar-refractivity contribution in [2.45, 2.75) is 65.1 Å². The van der Waals surface area contributed by atoms with Crippen LogP contribution in [0.4, 0.5) is 4.79 Å². The predicted octanol–water partition coefficient (Wildman–Crippen LogP) is 7.14. The largest absolute Gasteiger partial charge is 0.496 e. The van der Waals surface area contributed by atoms with Crippen LogP contribution < -0.4 is 4.74 Å². The number of carbonyl (C=O) groups excluding carboxylic acids is 1. The molecule has 1 fully saturated rings. The van der Waals surface area contributed by atoms with E-state index in [0.29, 0.717) is 12.5 Å². The fraction of sp³-hybridized carbons (Fsp3) is 0.367. The number of amides is 1. The second-order valence-corrected chi connectivity index (χ2v) is 10.1. The van der Waals surface area contributed by atoms with Gasteiger partial charge in [0, 0.05) is 5.56 Å². The summed E-state index contributed by atoms with van der Waals surface area (Å²) in [5.74, 6) is 1.24. The molecule has 4 heteroatoms. The number of benzene rings is 3. The van der Waals surface area contributed by atoms with Gasteiger partial charge in [-0.1, -0.05) is 74.0 Å². The molecule has 1 aliphatic rings. The van der Waals surface area contributed by atoms with E-state index < -0.39 is 5.60 Å². The van der Waals surface area contributed by atoms with Crippen LogP contribution in [0.3, 0.4) is 0 Å². The molecule has 0 saturated carbocycles. The van der Waals surface area contributed by atoms with Gasteiger partial charge in [0.2, 0.25) is 0 Å². The van der Waals surface area contributed by atoms with Gasteiger partial charge in [0.05, 0.1) is 19.7 Å². The van der Waals surface area contributed by atoms with Gasteiger partial charge in [-0.2, -0.15) is 0 Å². The van der Waals surface area contributed by atoms with Gasteiger partial charge in [-0.15, -0.1) is 0 Å². The molecule has 1 saturated heterocycles. The minimum Gasteiger partial charge on any atom is -0.496 e. The number of hydrogen-bond acceptors (Lipinski definition) is 3. The van der Waals surface area contributed by atoms with Crippen LogP contribution in [0.2, 0.25) is 0 Å². The fourth-order valence-electron chi connectivity index (χ4n) is 4.82. The van der Waals surface area contributed by atoms with Crippen LogP contribution in [0.5, 0.6) is 5.75 Å². The third kappa shape index (κ3) is 4.82. The average Bonchev–Trinajstić information content (AvgIpc) is 3.01. The Bertz CT molecular complexity index is 1170. The number of methoxy groups -OCH3 is 1. The molecule has 1 amide bonds. The summed E-state index contributed by atoms with van der Waals surface area (Å²) in [5.41, 5.74) is 6.25. The Morgan fingerprint density at radius 3 is 2.41 bits per heavy atom. The third-order valence-corrected chi connectivity index (χ3v) is 6.82. The second-order valence-electron chi connectivity index (χ2n) is 10.1. The lowest BCUT2D eigenvalue weighted by Crippen LogP contribution is -2.43. The SMILES string of the molecule is COc1ccc(C(C)C)cc1-c1ccc(C)cc1CN1C(=O)OC(C)(C)[C@@H]1Cc1ccccc1. The Hall–Kier alpha value is -3.27. The zero-order valence-corrected chi connectivity index (χ0v) is 21.1. The van der Waals surface area contributed by atoms with Crippen LogP contribution in [0.1, 0.15) is 55.9 Å². The summed E-state index contributed by atoms with van der Waals surface area (Å²) < 4.78 is 11.6. The van der Waals surface area contributed by atoms with Crippen molar-refractivity contribution >= 4 is 6.09 Å². The van der Waals surface area contributed by atoms with Crippen molar-refractivity contribution in [2.24, 2.45) is 0 Å². The number of cyclic esters (lactones) is 1. The summed E-state index contributed by atoms with van der Waals surface area (Å²) in [6.45, 7) is 11.0. The van der Waals surface area contributed by atoms with Crippen molar-refractivity contribution < 1.29 is 14.3 Å². The lowest BCUT2D eigenvalue weighted by molar-refractivity contribution is 0.0675. The van der Waals surface area contributed by atoms with Crippen molar-refractivity contribution in [1.82, 2.24) is 4.90 Å². The highest BCUT2D eigenvalue weighted by Crippen LogP contribution is 2.38. The quantitative estimate of drug-likeness (QED) is 0.379. The second kappa shape index (κ2) is 9.54. The minimum atomic E-state index is -0.577. The van der Waals surface area contributed by atoms with Gasteiger partial charge in [0.15, 0.2) is 0 Å². The van der Waals surface area contributed by atoms with Crippen LogP contribution >= 0.6 is 0 Å². The summed E-state index contributed by atoms with van der Waals surface area (Å²) in [5, 5.41) is 0. The molecule has 3 aromatic rings. The first-order chi connectivity index (χ1) is 16.2. The fourth-order valence-corrected chi connectivity index (χ4v) is 4.82. The topological polar surface area (TPSA) is 38.8 Å². The molecule has 0 spiro atoms. The van der Waals surface area contributed by atoms with Gasteiger partial charge in [0.1, 0.15) is 11.4 Å². The monoisotopic (exact) mass is 457 g/mol. The number of ether oxygens (including phenoxy) is 2. The smallest absolute Gasteiger partial charge is 0.411 e. The standard InChI is InChI=1S/C30H35NO3/c1-20(2)23-13-15-27(33-6)26(18-23)25-14-12-21(3)16-24(25)19-31-28(30(4,5)34-29(31)32)17-22-10-8-7-9-11-22/h7-16,18,20,28H,17,19H2,1-6H3/t28-/m0/s1. The Balaban J connectivity index is 1.75. The molecule has 4 rings (SSSR count). The lowest BCUT2D eigenvalue weighted by atomic mass is 9.90. The van der Waals surface area contributed by atoms with Crippen molar-refractivity contribution in [2.75, 3.05) is 7.11 Å². The predicted molar refractivity (Wildman–Crippen MR) is 137 cm³/mol. The van der Waals surface area contributed by atoms with Crippen LogP contribution in [0.15, 0.2) is 66.7 Å². The highest BCUT2D eigenvalue weighted by molar-refractivity contribution is 5.76. The van der Waals surface area contributed by atoms with E-state index in [1.54, 1.807) is 7.11 Å². The van der Waals surface area contributed by atoms with Crippen molar-refractivity contribution in [3.8, 4) is 16.9 Å². The molecular formula is C30H35NO3. The molecule has 1 atom stereocenters. The van der Waals surface area contributed by atoms with E-state index in [9.17, 15) is 4.79 Å². The molecule has 0 bridgehead atoms. The molecule has 0 radical (unpaired) electrons. The summed E-state index contributed by atoms with van der Waals surface area (Å²) in [4.78, 5) is 15.0. The van der Waals surface area contributed by atoms with E-state index in [-0.39, 0.29) is 12.1 Å². The van der Waals surface area contributed by atoms with E-state index in [2.05, 4.69) is 63.2 Å². The third-order valence-electron chi connectivity index (χ3n) is 6.82. The first kappa shape index (κ1) is 23.9. The van der Waals surface area contributed by atoms with Gasteiger partial charge < -0.3 is 9.47 Å². The summed E-state index contributed by atoms with van der Waals surface area (Å²) in [6.07, 6.45) is 0.480. The highest BCUT2D eigenvalue weighted by Gasteiger charge is 2.47. The van der Waals surface area contributed by atoms with E-state index >= 15 is 0 Å². The van der Waals surface area contributed by atoms with Crippen molar-refractivity contribution in [3.63, 3.8) is 0 Å². The number of carbonyl (C=O) groups is 1. The summed E-state index contributed by atoms with van der Waals surface area (Å²) in [7, 11) is 1.71. The molecule has 3 aromatic carbocycles. The van der Waals surface area contributed by atoms with Crippen molar-refractivity contribution in [3.05, 3.63) is 89.0 Å². The van der Waals surface area contributed by atoms with E-state index in [1.807, 2.05) is 43.0 Å². The highest BCUT2D eigenvalue weighted by atomic mass is 16.6. The molecule has 0 aromatic heterocycles. The first-order valence-corrected chi connectivity index (χ1v) is 12.0. The molecule has 0 aliphatic carbocycles. The van der Waals surface area contributed by atoms with Crippen LogP contribution in [0, 0.1) is 6.92 Å². The molecule has 0 N–H and O–H groups in total. The van der Waals surface area contributed by atoms with Crippen LogP contribution in [-0.2, 0) is 17.7 Å². The Kier molecular flexibility index (Phi) is 6.70. The van der Waals surface area contributed by atoms with E-state index in [1.165, 1.54) is 11.1 Å². The lowest BCUT2D eigenvalue weighted by Gasteiger charge is -2.30. The normalized spacial score (nSPS) is 17.2. The van der Waals surface area contributed by atoms with Gasteiger partial charge in [0.25, 0.3) is 0 Å². The van der Waals surface area contributed by atoms with Gasteiger partial charge in [-0.3, -0.25) is 4.90 Å². The summed E-state index contributed by atoms with van der Waals surface area (Å²) in [6, 6.07) is 23.1. The Morgan fingerprint density at radius 2 is 1.74 bits per heavy atom. The molecule has 1 heterocycles. The molecule has 4 nitrogen and oxygen atoms in total. The number of nitrogens with zero attached hydrogens (tertiary/aromatic N) is 1. The van der Waals surface area contributed by atoms with E-state index in [4.69, 9.17) is 9.47 Å². The van der Waals surface area contributed by atoms with Crippen LogP contribution in [-0.4, -0.2) is 29.7 Å². The Morgan fingerprint density at radius 1 is 1.00 bits per heavy atom. The zero-order chi connectivity index (χ0) is 24.5. The average molecular weight is 458 g/mol. The maximum atomic E-state index is 13.1. The maximum Gasteiger partial charge on any atom is 0.411 e.